The molecule has 2 aliphatic rings. The van der Waals surface area contributed by atoms with E-state index in [1.54, 1.807) is 11.3 Å². The Morgan fingerprint density at radius 3 is 0.946 bits per heavy atom. The topological polar surface area (TPSA) is 129 Å². The first-order valence-corrected chi connectivity index (χ1v) is 65.5. The van der Waals surface area contributed by atoms with Crippen LogP contribution in [0.4, 0.5) is 0 Å². The van der Waals surface area contributed by atoms with E-state index in [0.717, 1.165) is 124 Å². The number of Topliss-reactive ketones (excluding diaryl/α,β-unsaturated/α-hetero) is 2. The molecule has 15 rings (SSSR count). The first-order chi connectivity index (χ1) is 72.3. The van der Waals surface area contributed by atoms with Crippen LogP contribution in [-0.4, -0.2) is 11.6 Å². The van der Waals surface area contributed by atoms with Gasteiger partial charge in [-0.1, -0.05) is 365 Å². The molecule has 10 aromatic heterocycles. The molecule has 780 valence electrons. The normalized spacial score (nSPS) is 15.0. The highest BCUT2D eigenvalue weighted by molar-refractivity contribution is 7.32. The molecule has 13 aromatic rings. The number of rotatable bonds is 59. The van der Waals surface area contributed by atoms with Crippen LogP contribution in [0.5, 0.6) is 0 Å². The Balaban J connectivity index is 0.968. The Hall–Kier alpha value is -8.30. The monoisotopic (exact) mass is 2150 g/mol. The molecule has 16 heteroatoms. The third kappa shape index (κ3) is 26.5. The van der Waals surface area contributed by atoms with Crippen molar-refractivity contribution in [3.63, 3.8) is 0 Å². The van der Waals surface area contributed by atoms with E-state index >= 15 is 0 Å². The first kappa shape index (κ1) is 114. The molecule has 0 amide bonds. The largest absolute Gasteiger partial charge is 0.293 e. The Morgan fingerprint density at radius 2 is 0.601 bits per heavy atom. The van der Waals surface area contributed by atoms with Crippen LogP contribution >= 0.6 is 113 Å². The number of hydrogen-bond donors (Lipinski definition) is 0. The molecular formula is C132H160N4O2S10. The van der Waals surface area contributed by atoms with Crippen LogP contribution in [0.25, 0.3) is 117 Å². The molecule has 0 aliphatic heterocycles. The molecule has 0 N–H and O–H groups in total. The number of thiophene rings is 10. The van der Waals surface area contributed by atoms with E-state index in [1.165, 1.54) is 290 Å². The van der Waals surface area contributed by atoms with Gasteiger partial charge in [0.2, 0.25) is 0 Å². The Morgan fingerprint density at radius 1 is 0.297 bits per heavy atom. The van der Waals surface area contributed by atoms with Gasteiger partial charge in [0.15, 0.2) is 11.6 Å². The van der Waals surface area contributed by atoms with Gasteiger partial charge in [-0.05, 0) is 234 Å². The Labute approximate surface area is 928 Å². The third-order valence-corrected chi connectivity index (χ3v) is 45.3. The van der Waals surface area contributed by atoms with Crippen molar-refractivity contribution >= 4 is 162 Å². The molecule has 9 atom stereocenters. The molecule has 2 aliphatic carbocycles. The van der Waals surface area contributed by atoms with Crippen LogP contribution in [0.3, 0.4) is 0 Å². The summed E-state index contributed by atoms with van der Waals surface area (Å²) in [7, 11) is 0. The molecule has 3 aromatic carbocycles. The predicted molar refractivity (Wildman–Crippen MR) is 653 cm³/mol. The second kappa shape index (κ2) is 55.5. The predicted octanol–water partition coefficient (Wildman–Crippen LogP) is 44.0. The van der Waals surface area contributed by atoms with Gasteiger partial charge in [0.05, 0.1) is 5.92 Å². The number of ketones is 2. The van der Waals surface area contributed by atoms with Gasteiger partial charge in [0.25, 0.3) is 0 Å². The number of nitrogens with zero attached hydrogens (tertiary/aromatic N) is 4. The summed E-state index contributed by atoms with van der Waals surface area (Å²) in [4.78, 5) is 53.8. The lowest BCUT2D eigenvalue weighted by atomic mass is 9.89. The van der Waals surface area contributed by atoms with Gasteiger partial charge in [0.1, 0.15) is 35.4 Å². The molecule has 0 saturated carbocycles. The van der Waals surface area contributed by atoms with E-state index in [4.69, 9.17) is 0 Å². The lowest BCUT2D eigenvalue weighted by molar-refractivity contribution is 0.0957. The van der Waals surface area contributed by atoms with E-state index < -0.39 is 5.92 Å². The zero-order chi connectivity index (χ0) is 105. The highest BCUT2D eigenvalue weighted by Gasteiger charge is 2.40. The van der Waals surface area contributed by atoms with Crippen molar-refractivity contribution in [2.45, 2.75) is 374 Å². The molecule has 0 spiro atoms. The van der Waals surface area contributed by atoms with Gasteiger partial charge in [0, 0.05) is 141 Å². The molecule has 0 bridgehead atoms. The van der Waals surface area contributed by atoms with E-state index in [1.807, 2.05) is 88.6 Å². The number of hydrogen-bond acceptors (Lipinski definition) is 16. The standard InChI is InChI=1S/C132H160N4O2S10/c1-17-33-45-83(25-9)61-91-69-101(75-107-119(97(79-133)80-134)103-53-41-43-55-105(103)123(107)137)141-125(91)113-71-93(63-85(27-11)47-35-19-3)127(143-113)115-73-95(65-87(29-13)49-37-21-5)129(145-115)117-77-109-121(111-59-57-99(139-111)67-89(31-15)51-39-23-7)132-110(122(131(109)147-117)112-60-58-100(140-112)68-90(32-16)52-40-24-8)78-118(148-132)130-96(66-88(30-14)50-38-22-6)74-116(146-130)128-94(64-86(28-12)48-36-20-4)72-114(144-128)126-92(62-84(26-10)46-34-18-2)70-102(142-126)76-108-120(98(81-135)82-136)104-54-42-44-56-106(104)124(108)138/h41-44,53-60,69-75,77-78,83-90,108H,17-40,45-52,61-68,76H2,1-16H3/b107-75-. The van der Waals surface area contributed by atoms with Crippen molar-refractivity contribution in [1.82, 2.24) is 0 Å². The van der Waals surface area contributed by atoms with Crippen molar-refractivity contribution in [2.75, 3.05) is 0 Å². The van der Waals surface area contributed by atoms with E-state index in [0.29, 0.717) is 87.2 Å². The summed E-state index contributed by atoms with van der Waals surface area (Å²) in [5.74, 6) is 3.60. The van der Waals surface area contributed by atoms with Gasteiger partial charge < -0.3 is 0 Å². The summed E-state index contributed by atoms with van der Waals surface area (Å²) in [6.07, 6.45) is 48.3. The van der Waals surface area contributed by atoms with Gasteiger partial charge in [-0.25, -0.2) is 0 Å². The number of carbonyl (C=O) groups is 2. The molecule has 10 heterocycles. The average molecular weight is 2160 g/mol. The second-order valence-electron chi connectivity index (χ2n) is 43.0. The van der Waals surface area contributed by atoms with Gasteiger partial charge in [-0.2, -0.15) is 21.0 Å². The summed E-state index contributed by atoms with van der Waals surface area (Å²) >= 11 is 20.1. The van der Waals surface area contributed by atoms with Crippen LogP contribution < -0.4 is 0 Å². The lowest BCUT2D eigenvalue weighted by Crippen LogP contribution is -2.12. The number of fused-ring (bicyclic) bond motifs is 4. The SMILES string of the molecule is CCCCC(CC)Cc1ccc(-c2c3cc(-c4sc(-c5sc(-c6sc(CC7C(=O)c8ccccc8C7=C(C#N)C#N)cc6CC(CC)CCCC)cc5CC(CC)CCCC)cc4CC(CC)CCCC)sc3c(-c3ccc(CC(CC)CCCC)s3)c3cc(-c4sc(-c5sc(-c6sc(/C=C7\C(=O)c8ccccc8C7=C(C#N)C#N)cc6CC(CC)CCCC)cc5CC(CC)CCCC)cc4CC(CC)CCCC)sc23)s1. The van der Waals surface area contributed by atoms with Crippen molar-refractivity contribution in [3.8, 4) is 104 Å². The van der Waals surface area contributed by atoms with E-state index in [9.17, 15) is 30.6 Å². The number of nitriles is 4. The number of allylic oxidation sites excluding steroid dienone is 5. The maximum Gasteiger partial charge on any atom is 0.194 e. The minimum absolute atomic E-state index is 0.000116. The van der Waals surface area contributed by atoms with Gasteiger partial charge in [-0.15, -0.1) is 113 Å². The number of carbonyl (C=O) groups excluding carboxylic acids is 2. The summed E-state index contributed by atoms with van der Waals surface area (Å²) in [5, 5.41) is 45.0. The lowest BCUT2D eigenvalue weighted by Gasteiger charge is -2.15. The Kier molecular flexibility index (Phi) is 42.7. The minimum Gasteiger partial charge on any atom is -0.293 e. The fourth-order valence-corrected chi connectivity index (χ4v) is 36.4. The van der Waals surface area contributed by atoms with Gasteiger partial charge in [-0.3, -0.25) is 9.59 Å². The van der Waals surface area contributed by atoms with Crippen LogP contribution in [-0.2, 0) is 57.8 Å². The summed E-state index contributed by atoms with van der Waals surface area (Å²) in [5.41, 5.74) is 15.3. The molecular weight excluding hydrogens is 1990 g/mol. The first-order valence-electron chi connectivity index (χ1n) is 57.3. The highest BCUT2D eigenvalue weighted by atomic mass is 32.1. The summed E-state index contributed by atoms with van der Waals surface area (Å²) < 4.78 is 2.81. The molecule has 0 saturated heterocycles. The van der Waals surface area contributed by atoms with Crippen molar-refractivity contribution < 1.29 is 9.59 Å². The average Bonchev–Trinajstić information content (AvgIpc) is 1.55. The fraction of sp³-hybridized carbons (Fsp3) is 0.500. The minimum atomic E-state index is -0.617. The summed E-state index contributed by atoms with van der Waals surface area (Å²) in [6.45, 7) is 38.0. The molecule has 0 fully saturated rings. The maximum atomic E-state index is 14.8. The van der Waals surface area contributed by atoms with Crippen LogP contribution in [0, 0.1) is 98.6 Å². The van der Waals surface area contributed by atoms with Crippen LogP contribution in [0.1, 0.15) is 401 Å². The number of benzene rings is 3. The van der Waals surface area contributed by atoms with Crippen molar-refractivity contribution in [3.05, 3.63) is 213 Å². The van der Waals surface area contributed by atoms with E-state index in [-0.39, 0.29) is 22.7 Å². The van der Waals surface area contributed by atoms with Crippen molar-refractivity contribution in [1.29, 1.82) is 21.0 Å². The fourth-order valence-electron chi connectivity index (χ4n) is 23.4. The van der Waals surface area contributed by atoms with Gasteiger partial charge >= 0.3 is 0 Å². The number of unbranched alkanes of at least 4 members (excludes halogenated alkanes) is 8. The highest BCUT2D eigenvalue weighted by Crippen LogP contribution is 2.60. The quantitative estimate of drug-likeness (QED) is 0.0276. The van der Waals surface area contributed by atoms with Crippen LogP contribution in [0.15, 0.2) is 138 Å². The van der Waals surface area contributed by atoms with E-state index in [2.05, 4.69) is 276 Å². The van der Waals surface area contributed by atoms with Crippen LogP contribution in [0.2, 0.25) is 0 Å². The maximum absolute atomic E-state index is 14.8. The Bertz CT molecular complexity index is 6810. The zero-order valence-electron chi connectivity index (χ0n) is 91.5. The summed E-state index contributed by atoms with van der Waals surface area (Å²) in [6, 6.07) is 55.0. The second-order valence-corrected chi connectivity index (χ2v) is 53.8. The molecule has 148 heavy (non-hydrogen) atoms. The molecule has 9 unspecified atom stereocenters. The zero-order valence-corrected chi connectivity index (χ0v) is 99.7. The third-order valence-electron chi connectivity index (χ3n) is 32.7. The molecule has 6 nitrogen and oxygen atoms in total. The van der Waals surface area contributed by atoms with Crippen molar-refractivity contribution in [2.24, 2.45) is 53.3 Å². The smallest absolute Gasteiger partial charge is 0.194 e. The molecule has 0 radical (unpaired) electrons.